The summed E-state index contributed by atoms with van der Waals surface area (Å²) < 4.78 is 38.2. The molecule has 0 aromatic heterocycles. The number of benzene rings is 1. The van der Waals surface area contributed by atoms with Gasteiger partial charge in [0.2, 0.25) is 0 Å². The van der Waals surface area contributed by atoms with Crippen LogP contribution in [0.5, 0.6) is 5.75 Å². The van der Waals surface area contributed by atoms with Crippen molar-refractivity contribution in [3.8, 4) is 5.75 Å². The van der Waals surface area contributed by atoms with E-state index in [4.69, 9.17) is 18.5 Å². The molecular weight excluding hydrogens is 439 g/mol. The molecule has 0 fully saturated rings. The molecule has 0 bridgehead atoms. The lowest BCUT2D eigenvalue weighted by Gasteiger charge is -2.38. The van der Waals surface area contributed by atoms with E-state index in [1.54, 1.807) is 30.6 Å². The summed E-state index contributed by atoms with van der Waals surface area (Å²) in [5.74, 6) is 1.53. The lowest BCUT2D eigenvalue weighted by Crippen LogP contribution is -2.29. The van der Waals surface area contributed by atoms with Gasteiger partial charge in [-0.15, -0.1) is 11.8 Å². The molecule has 0 amide bonds. The predicted molar refractivity (Wildman–Crippen MR) is 129 cm³/mol. The molecule has 1 heterocycles. The van der Waals surface area contributed by atoms with Gasteiger partial charge in [-0.3, -0.25) is 4.57 Å². The Bertz CT molecular complexity index is 748. The van der Waals surface area contributed by atoms with Crippen LogP contribution in [0.15, 0.2) is 33.8 Å². The Morgan fingerprint density at radius 2 is 1.70 bits per heavy atom. The van der Waals surface area contributed by atoms with Gasteiger partial charge in [-0.25, -0.2) is 0 Å². The van der Waals surface area contributed by atoms with Crippen molar-refractivity contribution >= 4 is 31.1 Å². The molecule has 5 nitrogen and oxygen atoms in total. The molecule has 1 aromatic rings. The maximum atomic E-state index is 14.0. The molecule has 0 aliphatic carbocycles. The molecule has 1 aromatic carbocycles. The van der Waals surface area contributed by atoms with Crippen LogP contribution in [0.1, 0.15) is 59.4 Å². The molecule has 0 radical (unpaired) electrons. The molecule has 0 saturated carbocycles. The fourth-order valence-corrected chi connectivity index (χ4v) is 8.87. The van der Waals surface area contributed by atoms with Gasteiger partial charge in [0.05, 0.1) is 35.5 Å². The quantitative estimate of drug-likeness (QED) is 0.331. The van der Waals surface area contributed by atoms with Crippen LogP contribution in [-0.2, 0) is 18.3 Å². The zero-order valence-electron chi connectivity index (χ0n) is 19.1. The van der Waals surface area contributed by atoms with Gasteiger partial charge in [-0.2, -0.15) is 0 Å². The standard InChI is InChI=1S/C22H35O5PS2/c1-8-25-28(23,26-9-2)20-18(16-11-13-17(24-7)14-12-16)15-19(27-22(4,5)6)30-21(20)29-10-3/h11-14,18-19H,8-10,15H2,1-7H3/t18-,19-/m1/s1. The number of rotatable bonds is 10. The SMILES string of the molecule is CCOP(=O)(OCC)C1=C(SCC)S[C@@H](OC(C)(C)C)C[C@@H]1c1ccc(OC)cc1. The topological polar surface area (TPSA) is 54.0 Å². The van der Waals surface area contributed by atoms with Crippen LogP contribution in [0.3, 0.4) is 0 Å². The Morgan fingerprint density at radius 3 is 2.17 bits per heavy atom. The van der Waals surface area contributed by atoms with E-state index in [2.05, 4.69) is 27.7 Å². The van der Waals surface area contributed by atoms with Crippen LogP contribution < -0.4 is 4.74 Å². The predicted octanol–water partition coefficient (Wildman–Crippen LogP) is 7.25. The van der Waals surface area contributed by atoms with Crippen LogP contribution >= 0.6 is 31.1 Å². The number of ether oxygens (including phenoxy) is 2. The third-order valence-electron chi connectivity index (χ3n) is 4.38. The van der Waals surface area contributed by atoms with Crippen molar-refractivity contribution in [3.05, 3.63) is 39.4 Å². The van der Waals surface area contributed by atoms with E-state index < -0.39 is 7.60 Å². The summed E-state index contributed by atoms with van der Waals surface area (Å²) in [6.07, 6.45) is 0.696. The van der Waals surface area contributed by atoms with Crippen molar-refractivity contribution in [3.63, 3.8) is 0 Å². The second-order valence-electron chi connectivity index (χ2n) is 7.78. The van der Waals surface area contributed by atoms with Gasteiger partial charge < -0.3 is 18.5 Å². The summed E-state index contributed by atoms with van der Waals surface area (Å²) in [6, 6.07) is 7.94. The van der Waals surface area contributed by atoms with Gasteiger partial charge >= 0.3 is 7.60 Å². The Kier molecular flexibility index (Phi) is 9.85. The monoisotopic (exact) mass is 474 g/mol. The zero-order valence-corrected chi connectivity index (χ0v) is 21.6. The van der Waals surface area contributed by atoms with Crippen LogP contribution in [0.2, 0.25) is 0 Å². The molecule has 0 saturated heterocycles. The molecule has 2 rings (SSSR count). The molecule has 170 valence electrons. The summed E-state index contributed by atoms with van der Waals surface area (Å²) in [6.45, 7) is 12.6. The summed E-state index contributed by atoms with van der Waals surface area (Å²) in [5, 5.41) is 0.766. The van der Waals surface area contributed by atoms with Crippen LogP contribution in [-0.4, -0.2) is 37.1 Å². The Hall–Kier alpha value is -0.430. The fraction of sp³-hybridized carbons (Fsp3) is 0.636. The molecule has 0 unspecified atom stereocenters. The second kappa shape index (κ2) is 11.4. The summed E-state index contributed by atoms with van der Waals surface area (Å²) in [7, 11) is -1.80. The largest absolute Gasteiger partial charge is 0.497 e. The van der Waals surface area contributed by atoms with Crippen molar-refractivity contribution in [1.29, 1.82) is 0 Å². The molecule has 30 heavy (non-hydrogen) atoms. The smallest absolute Gasteiger partial charge is 0.359 e. The maximum Gasteiger partial charge on any atom is 0.359 e. The van der Waals surface area contributed by atoms with Gasteiger partial charge in [0, 0.05) is 5.92 Å². The Labute approximate surface area is 190 Å². The summed E-state index contributed by atoms with van der Waals surface area (Å²) in [5.41, 5.74) is 0.736. The molecule has 0 spiro atoms. The minimum absolute atomic E-state index is 0.0494. The van der Waals surface area contributed by atoms with Crippen LogP contribution in [0.25, 0.3) is 0 Å². The van der Waals surface area contributed by atoms with E-state index in [1.807, 2.05) is 38.1 Å². The Balaban J connectivity index is 2.61. The van der Waals surface area contributed by atoms with Gasteiger partial charge in [-0.1, -0.05) is 30.8 Å². The van der Waals surface area contributed by atoms with Gasteiger partial charge in [0.15, 0.2) is 0 Å². The van der Waals surface area contributed by atoms with Crippen molar-refractivity contribution in [2.75, 3.05) is 26.1 Å². The number of allylic oxidation sites excluding steroid dienone is 1. The number of thioether (sulfide) groups is 2. The minimum Gasteiger partial charge on any atom is -0.497 e. The van der Waals surface area contributed by atoms with E-state index in [0.29, 0.717) is 19.6 Å². The lowest BCUT2D eigenvalue weighted by atomic mass is 9.95. The molecular formula is C22H35O5PS2. The first-order valence-electron chi connectivity index (χ1n) is 10.4. The minimum atomic E-state index is -3.45. The molecule has 8 heteroatoms. The van der Waals surface area contributed by atoms with Crippen LogP contribution in [0, 0.1) is 0 Å². The van der Waals surface area contributed by atoms with E-state index in [0.717, 1.165) is 26.6 Å². The molecule has 2 atom stereocenters. The number of hydrogen-bond acceptors (Lipinski definition) is 7. The third kappa shape index (κ3) is 6.78. The van der Waals surface area contributed by atoms with E-state index >= 15 is 0 Å². The number of hydrogen-bond donors (Lipinski definition) is 0. The Morgan fingerprint density at radius 1 is 1.10 bits per heavy atom. The molecule has 1 aliphatic rings. The van der Waals surface area contributed by atoms with Crippen molar-refractivity contribution < 1.29 is 23.1 Å². The van der Waals surface area contributed by atoms with Crippen molar-refractivity contribution in [1.82, 2.24) is 0 Å². The first-order valence-corrected chi connectivity index (χ1v) is 13.8. The first-order chi connectivity index (χ1) is 14.2. The summed E-state index contributed by atoms with van der Waals surface area (Å²) >= 11 is 3.32. The third-order valence-corrected chi connectivity index (χ3v) is 9.40. The second-order valence-corrected chi connectivity index (χ2v) is 12.5. The average Bonchev–Trinajstić information content (AvgIpc) is 2.67. The number of methoxy groups -OCH3 is 1. The summed E-state index contributed by atoms with van der Waals surface area (Å²) in [4.78, 5) is 0. The average molecular weight is 475 g/mol. The van der Waals surface area contributed by atoms with Gasteiger partial charge in [0.1, 0.15) is 11.2 Å². The highest BCUT2D eigenvalue weighted by atomic mass is 32.2. The van der Waals surface area contributed by atoms with Gasteiger partial charge in [0.25, 0.3) is 0 Å². The van der Waals surface area contributed by atoms with Gasteiger partial charge in [-0.05, 0) is 64.5 Å². The normalized spacial score (nSPS) is 20.5. The highest BCUT2D eigenvalue weighted by Crippen LogP contribution is 2.67. The van der Waals surface area contributed by atoms with Crippen molar-refractivity contribution in [2.45, 2.75) is 64.9 Å². The first kappa shape index (κ1) is 25.8. The molecule has 0 N–H and O–H groups in total. The zero-order chi connectivity index (χ0) is 22.4. The fourth-order valence-electron chi connectivity index (χ4n) is 3.33. The lowest BCUT2D eigenvalue weighted by molar-refractivity contribution is -0.0233. The van der Waals surface area contributed by atoms with E-state index in [9.17, 15) is 4.57 Å². The highest BCUT2D eigenvalue weighted by Gasteiger charge is 2.44. The van der Waals surface area contributed by atoms with Crippen LogP contribution in [0.4, 0.5) is 0 Å². The van der Waals surface area contributed by atoms with E-state index in [1.165, 1.54) is 0 Å². The molecule has 1 aliphatic heterocycles. The van der Waals surface area contributed by atoms with E-state index in [-0.39, 0.29) is 17.0 Å². The highest BCUT2D eigenvalue weighted by molar-refractivity contribution is 8.22. The van der Waals surface area contributed by atoms with Crippen molar-refractivity contribution in [2.24, 2.45) is 0 Å². The maximum absolute atomic E-state index is 14.0.